The van der Waals surface area contributed by atoms with Crippen molar-refractivity contribution in [3.8, 4) is 11.5 Å². The summed E-state index contributed by atoms with van der Waals surface area (Å²) in [5.41, 5.74) is 6.87. The molecule has 0 aliphatic heterocycles. The van der Waals surface area contributed by atoms with Crippen LogP contribution in [0.3, 0.4) is 0 Å². The second kappa shape index (κ2) is 15.8. The third-order valence-electron chi connectivity index (χ3n) is 8.55. The van der Waals surface area contributed by atoms with E-state index in [1.54, 1.807) is 0 Å². The van der Waals surface area contributed by atoms with Crippen LogP contribution >= 0.6 is 23.5 Å². The second-order valence-corrected chi connectivity index (χ2v) is 16.6. The van der Waals surface area contributed by atoms with Gasteiger partial charge in [0.2, 0.25) is 0 Å². The van der Waals surface area contributed by atoms with Crippen LogP contribution in [0.2, 0.25) is 0 Å². The van der Waals surface area contributed by atoms with Crippen molar-refractivity contribution in [1.82, 2.24) is 0 Å². The molecule has 1 aliphatic rings. The summed E-state index contributed by atoms with van der Waals surface area (Å²) in [6, 6.07) is 8.88. The average Bonchev–Trinajstić information content (AvgIpc) is 2.91. The lowest BCUT2D eigenvalue weighted by molar-refractivity contribution is 0.461. The predicted molar refractivity (Wildman–Crippen MR) is 189 cm³/mol. The van der Waals surface area contributed by atoms with Crippen LogP contribution in [0.5, 0.6) is 11.5 Å². The second-order valence-electron chi connectivity index (χ2n) is 14.1. The molecule has 2 unspecified atom stereocenters. The number of phenolic OH excluding ortho intramolecular Hbond substituents is 2. The molecule has 2 aromatic rings. The van der Waals surface area contributed by atoms with Gasteiger partial charge in [-0.3, -0.25) is 0 Å². The van der Waals surface area contributed by atoms with Gasteiger partial charge < -0.3 is 10.2 Å². The van der Waals surface area contributed by atoms with Crippen LogP contribution in [0.25, 0.3) is 0 Å². The zero-order chi connectivity index (χ0) is 30.9. The molecule has 0 saturated heterocycles. The Morgan fingerprint density at radius 1 is 0.643 bits per heavy atom. The van der Waals surface area contributed by atoms with Gasteiger partial charge in [-0.05, 0) is 71.6 Å². The van der Waals surface area contributed by atoms with Crippen molar-refractivity contribution in [2.75, 3.05) is 0 Å². The summed E-state index contributed by atoms with van der Waals surface area (Å²) in [5, 5.41) is 23.6. The Balaban J connectivity index is 1.84. The van der Waals surface area contributed by atoms with Gasteiger partial charge in [0.15, 0.2) is 0 Å². The molecule has 3 rings (SSSR count). The van der Waals surface area contributed by atoms with E-state index < -0.39 is 0 Å². The Hall–Kier alpha value is -1.78. The van der Waals surface area contributed by atoms with Crippen molar-refractivity contribution < 1.29 is 10.2 Å². The number of thioether (sulfide) groups is 2. The summed E-state index contributed by atoms with van der Waals surface area (Å²) in [5.74, 6) is 2.61. The van der Waals surface area contributed by atoms with E-state index >= 15 is 0 Å². The molecule has 42 heavy (non-hydrogen) atoms. The summed E-state index contributed by atoms with van der Waals surface area (Å²) in [6.45, 7) is 21.3. The number of benzene rings is 2. The third kappa shape index (κ3) is 9.88. The number of aryl methyl sites for hydroxylation is 2. The maximum atomic E-state index is 11.3. The summed E-state index contributed by atoms with van der Waals surface area (Å²) in [4.78, 5) is 0. The predicted octanol–water partition coefficient (Wildman–Crippen LogP) is 11.2. The fraction of sp³-hybridized carbons (Fsp3) is 0.579. The quantitative estimate of drug-likeness (QED) is 0.235. The first-order valence-corrected chi connectivity index (χ1v) is 18.1. The minimum Gasteiger partial charge on any atom is -0.507 e. The van der Waals surface area contributed by atoms with Gasteiger partial charge in [0, 0.05) is 33.1 Å². The molecule has 2 atom stereocenters. The van der Waals surface area contributed by atoms with Gasteiger partial charge >= 0.3 is 0 Å². The van der Waals surface area contributed by atoms with Crippen molar-refractivity contribution in [2.24, 2.45) is 0 Å². The van der Waals surface area contributed by atoms with Crippen LogP contribution in [0.4, 0.5) is 0 Å². The molecule has 0 radical (unpaired) electrons. The van der Waals surface area contributed by atoms with Crippen molar-refractivity contribution >= 4 is 23.5 Å². The number of hydrogen-bond donors (Lipinski definition) is 2. The molecule has 2 aromatic carbocycles. The van der Waals surface area contributed by atoms with Crippen molar-refractivity contribution in [3.05, 3.63) is 83.0 Å². The van der Waals surface area contributed by atoms with E-state index in [2.05, 4.69) is 79.0 Å². The molecule has 0 heterocycles. The molecular weight excluding hydrogens is 553 g/mol. The Morgan fingerprint density at radius 2 is 1.00 bits per heavy atom. The summed E-state index contributed by atoms with van der Waals surface area (Å²) >= 11 is 4.07. The number of rotatable bonds is 12. The number of hydrogen-bond acceptors (Lipinski definition) is 4. The maximum Gasteiger partial charge on any atom is 0.122 e. The highest BCUT2D eigenvalue weighted by Gasteiger charge is 2.27. The summed E-state index contributed by atoms with van der Waals surface area (Å²) in [6.07, 6.45) is 14.8. The van der Waals surface area contributed by atoms with Crippen LogP contribution in [0, 0.1) is 0 Å². The number of aromatic hydroxyl groups is 2. The zero-order valence-electron chi connectivity index (χ0n) is 27.2. The highest BCUT2D eigenvalue weighted by molar-refractivity contribution is 8.03. The fourth-order valence-corrected chi connectivity index (χ4v) is 8.76. The molecule has 0 bridgehead atoms. The number of allylic oxidation sites excluding steroid dienone is 2. The molecule has 0 amide bonds. The van der Waals surface area contributed by atoms with E-state index in [1.165, 1.54) is 49.7 Å². The van der Waals surface area contributed by atoms with Gasteiger partial charge in [0.1, 0.15) is 11.5 Å². The van der Waals surface area contributed by atoms with E-state index in [1.807, 2.05) is 35.7 Å². The molecular formula is C38H56O2S2. The van der Waals surface area contributed by atoms with Crippen LogP contribution in [-0.4, -0.2) is 20.7 Å². The Labute approximate surface area is 265 Å². The first-order valence-electron chi connectivity index (χ1n) is 16.0. The standard InChI is InChI=1S/C38H56O2S2/c1-9-11-17-27-21-31(37(3,4)5)23-29(35(27)39)25-41-33-19-15-13-14-16-20-34(33)42-26-30-24-32(38(6,7)8)22-28(36(30)40)18-12-10-2/h9-10,21-24,33-34,39-40H,1-2,11-20,25-26H2,3-8H3. The van der Waals surface area contributed by atoms with Crippen LogP contribution in [0.15, 0.2) is 49.6 Å². The molecule has 1 fully saturated rings. The van der Waals surface area contributed by atoms with E-state index in [-0.39, 0.29) is 10.8 Å². The Morgan fingerprint density at radius 3 is 1.33 bits per heavy atom. The number of phenols is 2. The largest absolute Gasteiger partial charge is 0.507 e. The van der Waals surface area contributed by atoms with Crippen LogP contribution in [0.1, 0.15) is 126 Å². The highest BCUT2D eigenvalue weighted by Crippen LogP contribution is 2.42. The van der Waals surface area contributed by atoms with Crippen molar-refractivity contribution in [3.63, 3.8) is 0 Å². The smallest absolute Gasteiger partial charge is 0.122 e. The summed E-state index contributed by atoms with van der Waals surface area (Å²) in [7, 11) is 0. The monoisotopic (exact) mass is 608 g/mol. The molecule has 1 aliphatic carbocycles. The lowest BCUT2D eigenvalue weighted by atomic mass is 9.84. The lowest BCUT2D eigenvalue weighted by Crippen LogP contribution is -2.22. The van der Waals surface area contributed by atoms with E-state index in [0.717, 1.165) is 59.4 Å². The molecule has 1 saturated carbocycles. The minimum atomic E-state index is 0.0305. The Kier molecular flexibility index (Phi) is 13.1. The van der Waals surface area contributed by atoms with E-state index in [9.17, 15) is 10.2 Å². The molecule has 4 heteroatoms. The van der Waals surface area contributed by atoms with Gasteiger partial charge in [-0.15, -0.1) is 13.2 Å². The highest BCUT2D eigenvalue weighted by atomic mass is 32.2. The molecule has 2 N–H and O–H groups in total. The van der Waals surface area contributed by atoms with Gasteiger partial charge in [-0.1, -0.05) is 104 Å². The van der Waals surface area contributed by atoms with Crippen LogP contribution in [-0.2, 0) is 35.2 Å². The average molecular weight is 609 g/mol. The zero-order valence-corrected chi connectivity index (χ0v) is 28.9. The summed E-state index contributed by atoms with van der Waals surface area (Å²) < 4.78 is 0. The van der Waals surface area contributed by atoms with Crippen molar-refractivity contribution in [2.45, 2.75) is 139 Å². The minimum absolute atomic E-state index is 0.0305. The van der Waals surface area contributed by atoms with E-state index in [0.29, 0.717) is 22.0 Å². The Bertz CT molecular complexity index is 1090. The van der Waals surface area contributed by atoms with Gasteiger partial charge in [0.05, 0.1) is 0 Å². The van der Waals surface area contributed by atoms with Crippen LogP contribution < -0.4 is 0 Å². The normalized spacial score (nSPS) is 18.3. The van der Waals surface area contributed by atoms with Crippen molar-refractivity contribution in [1.29, 1.82) is 0 Å². The first-order chi connectivity index (χ1) is 19.8. The van der Waals surface area contributed by atoms with Gasteiger partial charge in [0.25, 0.3) is 0 Å². The molecule has 232 valence electrons. The molecule has 0 spiro atoms. The SMILES string of the molecule is C=CCCc1cc(C(C)(C)C)cc(CSC2CCCCCCC2SCc2cc(C(C)(C)C)cc(CCC=C)c2O)c1O. The first kappa shape index (κ1) is 34.7. The van der Waals surface area contributed by atoms with Gasteiger partial charge in [-0.2, -0.15) is 23.5 Å². The third-order valence-corrected chi connectivity index (χ3v) is 11.7. The molecule has 2 nitrogen and oxygen atoms in total. The fourth-order valence-electron chi connectivity index (χ4n) is 5.69. The topological polar surface area (TPSA) is 40.5 Å². The lowest BCUT2D eigenvalue weighted by Gasteiger charge is -2.30. The van der Waals surface area contributed by atoms with E-state index in [4.69, 9.17) is 0 Å². The van der Waals surface area contributed by atoms with Gasteiger partial charge in [-0.25, -0.2) is 0 Å². The molecule has 0 aromatic heterocycles. The maximum absolute atomic E-state index is 11.3.